The molecule has 2 N–H and O–H groups in total. The van der Waals surface area contributed by atoms with Gasteiger partial charge in [-0.05, 0) is 18.6 Å². The zero-order chi connectivity index (χ0) is 18.8. The Morgan fingerprint density at radius 1 is 1.08 bits per heavy atom. The predicted octanol–water partition coefficient (Wildman–Crippen LogP) is 2.96. The van der Waals surface area contributed by atoms with Crippen molar-refractivity contribution >= 4 is 12.2 Å². The molecule has 1 aliphatic rings. The Bertz CT molecular complexity index is 785. The molecule has 0 aliphatic carbocycles. The Morgan fingerprint density at radius 2 is 1.65 bits per heavy atom. The molecule has 1 saturated heterocycles. The van der Waals surface area contributed by atoms with Gasteiger partial charge in [0.25, 0.3) is 11.8 Å². The zero-order valence-corrected chi connectivity index (χ0v) is 14.2. The van der Waals surface area contributed by atoms with Crippen molar-refractivity contribution in [2.75, 3.05) is 13.1 Å². The number of carbonyl (C=O) groups is 2. The number of hydrogen-bond donors (Lipinski definition) is 1. The maximum atomic E-state index is 14.5. The molecule has 0 aromatic heterocycles. The van der Waals surface area contributed by atoms with Crippen molar-refractivity contribution < 1.29 is 18.4 Å². The molecule has 1 heterocycles. The number of aldehydes is 1. The van der Waals surface area contributed by atoms with Gasteiger partial charge in [0.05, 0.1) is 5.54 Å². The molecular formula is C20H20F2N2O2. The second-order valence-corrected chi connectivity index (χ2v) is 6.75. The number of halogens is 2. The number of nitrogens with zero attached hydrogens (tertiary/aromatic N) is 1. The van der Waals surface area contributed by atoms with Crippen LogP contribution in [0.25, 0.3) is 0 Å². The van der Waals surface area contributed by atoms with Gasteiger partial charge in [0.1, 0.15) is 6.29 Å². The minimum Gasteiger partial charge on any atom is -0.335 e. The van der Waals surface area contributed by atoms with Crippen molar-refractivity contribution in [3.05, 3.63) is 71.3 Å². The van der Waals surface area contributed by atoms with Crippen LogP contribution in [0.3, 0.4) is 0 Å². The lowest BCUT2D eigenvalue weighted by molar-refractivity contribution is -0.108. The number of rotatable bonds is 6. The molecule has 0 spiro atoms. The van der Waals surface area contributed by atoms with Gasteiger partial charge < -0.3 is 15.4 Å². The first kappa shape index (κ1) is 18.2. The van der Waals surface area contributed by atoms with Crippen LogP contribution in [-0.4, -0.2) is 35.7 Å². The number of nitrogens with two attached hydrogens (primary N) is 1. The highest BCUT2D eigenvalue weighted by atomic mass is 19.3. The summed E-state index contributed by atoms with van der Waals surface area (Å²) in [4.78, 5) is 24.4. The fourth-order valence-corrected chi connectivity index (χ4v) is 3.18. The van der Waals surface area contributed by atoms with Gasteiger partial charge in [-0.2, -0.15) is 8.78 Å². The lowest BCUT2D eigenvalue weighted by Gasteiger charge is -2.47. The van der Waals surface area contributed by atoms with E-state index in [-0.39, 0.29) is 17.0 Å². The molecule has 0 unspecified atom stereocenters. The summed E-state index contributed by atoms with van der Waals surface area (Å²) in [6, 6.07) is 12.9. The van der Waals surface area contributed by atoms with Gasteiger partial charge in [-0.3, -0.25) is 4.79 Å². The van der Waals surface area contributed by atoms with Crippen LogP contribution in [0, 0.1) is 0 Å². The van der Waals surface area contributed by atoms with E-state index in [1.54, 1.807) is 23.1 Å². The van der Waals surface area contributed by atoms with Crippen molar-refractivity contribution in [2.45, 2.75) is 24.3 Å². The third-order valence-corrected chi connectivity index (χ3v) is 4.69. The minimum absolute atomic E-state index is 0.0927. The second kappa shape index (κ2) is 6.96. The number of carbonyl (C=O) groups excluding carboxylic acids is 2. The molecule has 26 heavy (non-hydrogen) atoms. The van der Waals surface area contributed by atoms with Crippen LogP contribution < -0.4 is 5.73 Å². The average molecular weight is 358 g/mol. The van der Waals surface area contributed by atoms with E-state index in [4.69, 9.17) is 5.73 Å². The Balaban J connectivity index is 1.69. The number of benzene rings is 2. The maximum Gasteiger partial charge on any atom is 0.298 e. The first-order valence-electron chi connectivity index (χ1n) is 8.41. The normalized spacial score (nSPS) is 16.0. The number of amides is 1. The van der Waals surface area contributed by atoms with Gasteiger partial charge in [0.2, 0.25) is 0 Å². The van der Waals surface area contributed by atoms with Crippen LogP contribution in [0.2, 0.25) is 0 Å². The predicted molar refractivity (Wildman–Crippen MR) is 94.0 cm³/mol. The smallest absolute Gasteiger partial charge is 0.298 e. The van der Waals surface area contributed by atoms with E-state index in [9.17, 15) is 18.4 Å². The van der Waals surface area contributed by atoms with Crippen LogP contribution in [0.4, 0.5) is 8.78 Å². The summed E-state index contributed by atoms with van der Waals surface area (Å²) in [5.41, 5.74) is 5.64. The molecule has 2 aromatic carbocycles. The minimum atomic E-state index is -3.12. The van der Waals surface area contributed by atoms with E-state index in [1.165, 1.54) is 36.4 Å². The van der Waals surface area contributed by atoms with Crippen molar-refractivity contribution in [1.29, 1.82) is 0 Å². The summed E-state index contributed by atoms with van der Waals surface area (Å²) in [5.74, 6) is -3.37. The quantitative estimate of drug-likeness (QED) is 0.808. The van der Waals surface area contributed by atoms with E-state index in [0.29, 0.717) is 31.5 Å². The molecule has 3 rings (SSSR count). The lowest BCUT2D eigenvalue weighted by Crippen LogP contribution is -2.68. The molecule has 0 atom stereocenters. The van der Waals surface area contributed by atoms with Gasteiger partial charge in [0, 0.05) is 36.2 Å². The molecule has 1 amide bonds. The van der Waals surface area contributed by atoms with Crippen molar-refractivity contribution in [2.24, 2.45) is 5.73 Å². The number of hydrogen-bond acceptors (Lipinski definition) is 3. The van der Waals surface area contributed by atoms with Crippen molar-refractivity contribution in [1.82, 2.24) is 4.90 Å². The Labute approximate surface area is 150 Å². The molecule has 6 heteroatoms. The van der Waals surface area contributed by atoms with E-state index < -0.39 is 11.5 Å². The SMILES string of the molecule is NC1(CCC=O)CN(C(=O)c2ccc(C(F)(F)c3ccccc3)cc2)C1. The first-order valence-corrected chi connectivity index (χ1v) is 8.41. The fraction of sp³-hybridized carbons (Fsp3) is 0.300. The van der Waals surface area contributed by atoms with Gasteiger partial charge in [-0.1, -0.05) is 42.5 Å². The third kappa shape index (κ3) is 3.51. The summed E-state index contributed by atoms with van der Waals surface area (Å²) in [7, 11) is 0. The molecule has 2 aromatic rings. The van der Waals surface area contributed by atoms with Crippen LogP contribution in [0.15, 0.2) is 54.6 Å². The number of alkyl halides is 2. The molecule has 136 valence electrons. The molecule has 1 aliphatic heterocycles. The summed E-state index contributed by atoms with van der Waals surface area (Å²) < 4.78 is 29.1. The Kier molecular flexibility index (Phi) is 4.87. The van der Waals surface area contributed by atoms with Gasteiger partial charge >= 0.3 is 0 Å². The fourth-order valence-electron chi connectivity index (χ4n) is 3.18. The largest absolute Gasteiger partial charge is 0.335 e. The van der Waals surface area contributed by atoms with Crippen LogP contribution in [0.1, 0.15) is 34.3 Å². The summed E-state index contributed by atoms with van der Waals surface area (Å²) in [6.45, 7) is 0.725. The highest BCUT2D eigenvalue weighted by molar-refractivity contribution is 5.95. The van der Waals surface area contributed by atoms with E-state index in [0.717, 1.165) is 6.29 Å². The van der Waals surface area contributed by atoms with Crippen LogP contribution in [0.5, 0.6) is 0 Å². The average Bonchev–Trinajstić information content (AvgIpc) is 2.64. The first-order chi connectivity index (χ1) is 12.4. The topological polar surface area (TPSA) is 63.4 Å². The molecule has 1 fully saturated rings. The van der Waals surface area contributed by atoms with Crippen LogP contribution >= 0.6 is 0 Å². The standard InChI is InChI=1S/C20H20F2N2O2/c21-20(22,16-5-2-1-3-6-16)17-9-7-15(8-10-17)18(26)24-13-19(23,14-24)11-4-12-25/h1-3,5-10,12H,4,11,13-14,23H2. The van der Waals surface area contributed by atoms with E-state index in [1.807, 2.05) is 0 Å². The van der Waals surface area contributed by atoms with Crippen molar-refractivity contribution in [3.8, 4) is 0 Å². The van der Waals surface area contributed by atoms with Crippen LogP contribution in [-0.2, 0) is 10.7 Å². The third-order valence-electron chi connectivity index (χ3n) is 4.69. The summed E-state index contributed by atoms with van der Waals surface area (Å²) in [6.07, 6.45) is 1.70. The maximum absolute atomic E-state index is 14.5. The molecular weight excluding hydrogens is 338 g/mol. The van der Waals surface area contributed by atoms with E-state index in [2.05, 4.69) is 0 Å². The number of likely N-dealkylation sites (tertiary alicyclic amines) is 1. The Hall–Kier alpha value is -2.60. The van der Waals surface area contributed by atoms with Crippen molar-refractivity contribution in [3.63, 3.8) is 0 Å². The zero-order valence-electron chi connectivity index (χ0n) is 14.2. The van der Waals surface area contributed by atoms with E-state index >= 15 is 0 Å². The molecule has 0 bridgehead atoms. The van der Waals surface area contributed by atoms with Gasteiger partial charge in [-0.15, -0.1) is 0 Å². The summed E-state index contributed by atoms with van der Waals surface area (Å²) >= 11 is 0. The van der Waals surface area contributed by atoms with Gasteiger partial charge in [-0.25, -0.2) is 0 Å². The molecule has 0 radical (unpaired) electrons. The molecule has 0 saturated carbocycles. The highest BCUT2D eigenvalue weighted by Gasteiger charge is 2.41. The highest BCUT2D eigenvalue weighted by Crippen LogP contribution is 2.35. The lowest BCUT2D eigenvalue weighted by atomic mass is 9.86. The summed E-state index contributed by atoms with van der Waals surface area (Å²) in [5, 5.41) is 0. The Morgan fingerprint density at radius 3 is 2.23 bits per heavy atom. The van der Waals surface area contributed by atoms with Gasteiger partial charge in [0.15, 0.2) is 0 Å². The molecule has 4 nitrogen and oxygen atoms in total. The second-order valence-electron chi connectivity index (χ2n) is 6.75. The monoisotopic (exact) mass is 358 g/mol.